The van der Waals surface area contributed by atoms with Crippen LogP contribution >= 0.6 is 0 Å². The second kappa shape index (κ2) is 7.74. The number of amides is 2. The first-order chi connectivity index (χ1) is 11.8. The monoisotopic (exact) mass is 341 g/mol. The minimum Gasteiger partial charge on any atom is -0.349 e. The summed E-state index contributed by atoms with van der Waals surface area (Å²) >= 11 is 0. The van der Waals surface area contributed by atoms with Gasteiger partial charge in [-0.3, -0.25) is 14.7 Å². The molecule has 0 radical (unpaired) electrons. The summed E-state index contributed by atoms with van der Waals surface area (Å²) < 4.78 is 0. The molecule has 0 spiro atoms. The van der Waals surface area contributed by atoms with Crippen LogP contribution in [-0.2, 0) is 28.0 Å². The smallest absolute Gasteiger partial charge is 0.247 e. The average Bonchev–Trinajstić information content (AvgIpc) is 3.02. The van der Waals surface area contributed by atoms with Crippen molar-refractivity contribution in [2.75, 3.05) is 5.32 Å². The SMILES string of the molecule is C=CC(=O)Nc1cccc(CC(=O)NCc2nc(C(C)(C)C)n[nH]2)c1. The lowest BCUT2D eigenvalue weighted by Gasteiger charge is -2.11. The summed E-state index contributed by atoms with van der Waals surface area (Å²) in [5.74, 6) is 0.898. The second-order valence-electron chi connectivity index (χ2n) is 6.70. The molecule has 0 unspecified atom stereocenters. The Balaban J connectivity index is 1.90. The van der Waals surface area contributed by atoms with E-state index in [2.05, 4.69) is 32.4 Å². The molecule has 2 amide bonds. The standard InChI is InChI=1S/C18H23N5O2/c1-5-15(24)20-13-8-6-7-12(9-13)10-16(25)19-11-14-21-17(23-22-14)18(2,3)4/h5-9H,1,10-11H2,2-4H3,(H,19,25)(H,20,24)(H,21,22,23). The van der Waals surface area contributed by atoms with Crippen molar-refractivity contribution in [3.63, 3.8) is 0 Å². The molecule has 0 aliphatic rings. The van der Waals surface area contributed by atoms with Gasteiger partial charge in [0.15, 0.2) is 5.82 Å². The molecule has 0 aliphatic carbocycles. The van der Waals surface area contributed by atoms with E-state index in [4.69, 9.17) is 0 Å². The number of carbonyl (C=O) groups excluding carboxylic acids is 2. The lowest BCUT2D eigenvalue weighted by atomic mass is 9.96. The maximum Gasteiger partial charge on any atom is 0.247 e. The van der Waals surface area contributed by atoms with E-state index in [0.717, 1.165) is 5.56 Å². The topological polar surface area (TPSA) is 99.8 Å². The number of carbonyl (C=O) groups is 2. The number of hydrogen-bond acceptors (Lipinski definition) is 4. The zero-order chi connectivity index (χ0) is 18.4. The molecule has 0 fully saturated rings. The molecule has 1 aromatic carbocycles. The van der Waals surface area contributed by atoms with Gasteiger partial charge in [0.05, 0.1) is 13.0 Å². The van der Waals surface area contributed by atoms with Gasteiger partial charge in [0, 0.05) is 11.1 Å². The summed E-state index contributed by atoms with van der Waals surface area (Å²) in [5.41, 5.74) is 1.28. The molecule has 0 aliphatic heterocycles. The van der Waals surface area contributed by atoms with Crippen LogP contribution in [0, 0.1) is 0 Å². The molecule has 2 rings (SSSR count). The highest BCUT2D eigenvalue weighted by Gasteiger charge is 2.19. The Kier molecular flexibility index (Phi) is 5.69. The first kappa shape index (κ1) is 18.4. The molecule has 0 saturated heterocycles. The number of hydrogen-bond donors (Lipinski definition) is 3. The summed E-state index contributed by atoms with van der Waals surface area (Å²) in [7, 11) is 0. The van der Waals surface area contributed by atoms with Crippen molar-refractivity contribution in [2.24, 2.45) is 0 Å². The van der Waals surface area contributed by atoms with E-state index in [0.29, 0.717) is 17.3 Å². The summed E-state index contributed by atoms with van der Waals surface area (Å²) in [6.45, 7) is 9.77. The molecular formula is C18H23N5O2. The molecule has 7 heteroatoms. The number of anilines is 1. The second-order valence-corrected chi connectivity index (χ2v) is 6.70. The third-order valence-corrected chi connectivity index (χ3v) is 3.40. The van der Waals surface area contributed by atoms with Crippen molar-refractivity contribution in [3.05, 3.63) is 54.1 Å². The number of rotatable bonds is 6. The van der Waals surface area contributed by atoms with Gasteiger partial charge in [-0.15, -0.1) is 0 Å². The third kappa shape index (κ3) is 5.56. The summed E-state index contributed by atoms with van der Waals surface area (Å²) in [5, 5.41) is 12.5. The molecule has 132 valence electrons. The van der Waals surface area contributed by atoms with E-state index in [1.807, 2.05) is 26.8 Å². The van der Waals surface area contributed by atoms with E-state index < -0.39 is 0 Å². The minimum absolute atomic E-state index is 0.138. The van der Waals surface area contributed by atoms with Gasteiger partial charge in [0.2, 0.25) is 11.8 Å². The van der Waals surface area contributed by atoms with Crippen LogP contribution in [0.15, 0.2) is 36.9 Å². The minimum atomic E-state index is -0.290. The maximum atomic E-state index is 12.1. The lowest BCUT2D eigenvalue weighted by Crippen LogP contribution is -2.25. The van der Waals surface area contributed by atoms with Gasteiger partial charge < -0.3 is 10.6 Å². The molecule has 0 bridgehead atoms. The van der Waals surface area contributed by atoms with Crippen molar-refractivity contribution in [1.29, 1.82) is 0 Å². The van der Waals surface area contributed by atoms with Gasteiger partial charge in [-0.05, 0) is 23.8 Å². The summed E-state index contributed by atoms with van der Waals surface area (Å²) in [6, 6.07) is 7.13. The van der Waals surface area contributed by atoms with E-state index in [1.54, 1.807) is 18.2 Å². The predicted octanol–water partition coefficient (Wildman–Crippen LogP) is 2.09. The van der Waals surface area contributed by atoms with Gasteiger partial charge >= 0.3 is 0 Å². The molecule has 2 aromatic rings. The largest absolute Gasteiger partial charge is 0.349 e. The molecule has 0 atom stereocenters. The number of aromatic amines is 1. The molecule has 3 N–H and O–H groups in total. The molecule has 0 saturated carbocycles. The predicted molar refractivity (Wildman–Crippen MR) is 95.9 cm³/mol. The fourth-order valence-electron chi connectivity index (χ4n) is 2.09. The van der Waals surface area contributed by atoms with E-state index in [1.165, 1.54) is 6.08 Å². The van der Waals surface area contributed by atoms with Crippen molar-refractivity contribution in [3.8, 4) is 0 Å². The van der Waals surface area contributed by atoms with Crippen LogP contribution in [0.3, 0.4) is 0 Å². The molecule has 7 nitrogen and oxygen atoms in total. The molecule has 25 heavy (non-hydrogen) atoms. The van der Waals surface area contributed by atoms with Crippen LogP contribution < -0.4 is 10.6 Å². The Morgan fingerprint density at radius 3 is 2.72 bits per heavy atom. The number of H-pyrrole nitrogens is 1. The number of benzene rings is 1. The van der Waals surface area contributed by atoms with E-state index in [-0.39, 0.29) is 30.2 Å². The van der Waals surface area contributed by atoms with Crippen LogP contribution in [0.5, 0.6) is 0 Å². The van der Waals surface area contributed by atoms with Crippen LogP contribution in [0.1, 0.15) is 38.0 Å². The Morgan fingerprint density at radius 1 is 1.32 bits per heavy atom. The van der Waals surface area contributed by atoms with Crippen LogP contribution in [-0.4, -0.2) is 27.0 Å². The zero-order valence-electron chi connectivity index (χ0n) is 14.7. The van der Waals surface area contributed by atoms with Crippen molar-refractivity contribution >= 4 is 17.5 Å². The van der Waals surface area contributed by atoms with Crippen LogP contribution in [0.25, 0.3) is 0 Å². The number of aromatic nitrogens is 3. The fourth-order valence-corrected chi connectivity index (χ4v) is 2.09. The normalized spacial score (nSPS) is 11.0. The van der Waals surface area contributed by atoms with E-state index in [9.17, 15) is 9.59 Å². The quantitative estimate of drug-likeness (QED) is 0.700. The highest BCUT2D eigenvalue weighted by atomic mass is 16.2. The molecule has 1 heterocycles. The van der Waals surface area contributed by atoms with Crippen LogP contribution in [0.2, 0.25) is 0 Å². The lowest BCUT2D eigenvalue weighted by molar-refractivity contribution is -0.120. The highest BCUT2D eigenvalue weighted by molar-refractivity contribution is 5.98. The first-order valence-electron chi connectivity index (χ1n) is 7.99. The molecular weight excluding hydrogens is 318 g/mol. The Labute approximate surface area is 146 Å². The summed E-state index contributed by atoms with van der Waals surface area (Å²) in [4.78, 5) is 27.8. The van der Waals surface area contributed by atoms with Crippen LogP contribution in [0.4, 0.5) is 5.69 Å². The van der Waals surface area contributed by atoms with E-state index >= 15 is 0 Å². The van der Waals surface area contributed by atoms with Gasteiger partial charge in [-0.25, -0.2) is 4.98 Å². The number of nitrogens with zero attached hydrogens (tertiary/aromatic N) is 2. The average molecular weight is 341 g/mol. The first-order valence-corrected chi connectivity index (χ1v) is 7.99. The Hall–Kier alpha value is -2.96. The number of nitrogens with one attached hydrogen (secondary N) is 3. The van der Waals surface area contributed by atoms with Crippen molar-refractivity contribution < 1.29 is 9.59 Å². The molecule has 1 aromatic heterocycles. The fraction of sp³-hybridized carbons (Fsp3) is 0.333. The van der Waals surface area contributed by atoms with Gasteiger partial charge in [0.25, 0.3) is 0 Å². The van der Waals surface area contributed by atoms with Crippen molar-refractivity contribution in [1.82, 2.24) is 20.5 Å². The van der Waals surface area contributed by atoms with Gasteiger partial charge in [-0.2, -0.15) is 5.10 Å². The summed E-state index contributed by atoms with van der Waals surface area (Å²) in [6.07, 6.45) is 1.40. The van der Waals surface area contributed by atoms with Crippen molar-refractivity contribution in [2.45, 2.75) is 39.2 Å². The Bertz CT molecular complexity index is 774. The third-order valence-electron chi connectivity index (χ3n) is 3.40. The Morgan fingerprint density at radius 2 is 2.08 bits per heavy atom. The maximum absolute atomic E-state index is 12.1. The van der Waals surface area contributed by atoms with Gasteiger partial charge in [-0.1, -0.05) is 39.5 Å². The highest BCUT2D eigenvalue weighted by Crippen LogP contribution is 2.17. The zero-order valence-corrected chi connectivity index (χ0v) is 14.7. The van der Waals surface area contributed by atoms with Gasteiger partial charge in [0.1, 0.15) is 5.82 Å².